The average molecular weight is 645 g/mol. The van der Waals surface area contributed by atoms with Gasteiger partial charge in [-0.25, -0.2) is 4.79 Å². The van der Waals surface area contributed by atoms with Gasteiger partial charge in [-0.15, -0.1) is 0 Å². The monoisotopic (exact) mass is 644 g/mol. The highest BCUT2D eigenvalue weighted by atomic mass is 16.5. The van der Waals surface area contributed by atoms with Gasteiger partial charge in [0, 0.05) is 28.7 Å². The van der Waals surface area contributed by atoms with Gasteiger partial charge in [0.2, 0.25) is 0 Å². The fourth-order valence-corrected chi connectivity index (χ4v) is 6.11. The summed E-state index contributed by atoms with van der Waals surface area (Å²) in [4.78, 5) is 40.1. The topological polar surface area (TPSA) is 99.6 Å². The summed E-state index contributed by atoms with van der Waals surface area (Å²) >= 11 is 0. The van der Waals surface area contributed by atoms with Crippen LogP contribution in [-0.4, -0.2) is 48.9 Å². The summed E-state index contributed by atoms with van der Waals surface area (Å²) < 4.78 is 16.4. The van der Waals surface area contributed by atoms with Crippen LogP contribution in [0.3, 0.4) is 0 Å². The number of aromatic nitrogens is 2. The van der Waals surface area contributed by atoms with Crippen LogP contribution in [-0.2, 0) is 36.6 Å². The van der Waals surface area contributed by atoms with Crippen molar-refractivity contribution in [3.05, 3.63) is 144 Å². The SMILES string of the molecule is COC(=O)C(CCc1ccccc1)c1c[nH]c2ccccc12.COC(=O)C(CCc1ccccc1)c1cn(C(=O)OC)c2ccccc12. The van der Waals surface area contributed by atoms with Gasteiger partial charge < -0.3 is 19.2 Å². The highest BCUT2D eigenvalue weighted by molar-refractivity contribution is 5.95. The molecule has 0 spiro atoms. The van der Waals surface area contributed by atoms with Crippen molar-refractivity contribution in [2.75, 3.05) is 21.3 Å². The summed E-state index contributed by atoms with van der Waals surface area (Å²) in [5.41, 5.74) is 5.93. The molecule has 0 amide bonds. The van der Waals surface area contributed by atoms with Crippen LogP contribution in [0.25, 0.3) is 21.8 Å². The van der Waals surface area contributed by atoms with Gasteiger partial charge in [0.15, 0.2) is 0 Å². The van der Waals surface area contributed by atoms with Crippen LogP contribution in [0.2, 0.25) is 0 Å². The number of ether oxygens (including phenoxy) is 3. The summed E-state index contributed by atoms with van der Waals surface area (Å²) in [7, 11) is 4.17. The molecule has 6 aromatic rings. The molecule has 6 rings (SSSR count). The van der Waals surface area contributed by atoms with Crippen LogP contribution in [0.1, 0.15) is 46.9 Å². The van der Waals surface area contributed by atoms with Crippen molar-refractivity contribution in [1.82, 2.24) is 9.55 Å². The summed E-state index contributed by atoms with van der Waals surface area (Å²) in [6, 6.07) is 35.7. The lowest BCUT2D eigenvalue weighted by molar-refractivity contribution is -0.143. The van der Waals surface area contributed by atoms with E-state index in [1.807, 2.05) is 103 Å². The second-order valence-corrected chi connectivity index (χ2v) is 11.4. The Morgan fingerprint density at radius 1 is 0.604 bits per heavy atom. The van der Waals surface area contributed by atoms with Crippen LogP contribution in [0.5, 0.6) is 0 Å². The standard InChI is InChI=1S/C21H21NO4.C19H19NO2/c1-25-20(23)17(13-12-15-8-4-3-5-9-15)18-14-22(21(24)26-2)19-11-7-6-10-16(18)19;1-22-19(21)16(12-11-14-7-3-2-4-8-14)17-13-20-18-10-6-5-9-15(17)18/h3-11,14,17H,12-13H2,1-2H3;2-10,13,16,20H,11-12H2,1H3. The number of hydrogen-bond donors (Lipinski definition) is 1. The number of nitrogens with one attached hydrogen (secondary N) is 1. The number of rotatable bonds is 10. The number of nitrogens with zero attached hydrogens (tertiary/aromatic N) is 1. The largest absolute Gasteiger partial charge is 0.469 e. The first-order chi connectivity index (χ1) is 23.4. The lowest BCUT2D eigenvalue weighted by Crippen LogP contribution is -2.15. The van der Waals surface area contributed by atoms with E-state index in [1.165, 1.54) is 31.5 Å². The number of hydrogen-bond acceptors (Lipinski definition) is 6. The smallest absolute Gasteiger partial charge is 0.418 e. The summed E-state index contributed by atoms with van der Waals surface area (Å²) in [5.74, 6) is -1.20. The molecule has 8 heteroatoms. The molecule has 0 aliphatic rings. The zero-order valence-electron chi connectivity index (χ0n) is 27.4. The molecule has 4 aromatic carbocycles. The molecule has 8 nitrogen and oxygen atoms in total. The van der Waals surface area contributed by atoms with E-state index in [1.54, 1.807) is 6.20 Å². The third-order valence-corrected chi connectivity index (χ3v) is 8.59. The van der Waals surface area contributed by atoms with Crippen LogP contribution in [0.15, 0.2) is 122 Å². The van der Waals surface area contributed by atoms with Crippen molar-refractivity contribution in [1.29, 1.82) is 0 Å². The van der Waals surface area contributed by atoms with Crippen molar-refractivity contribution in [2.45, 2.75) is 37.5 Å². The first-order valence-corrected chi connectivity index (χ1v) is 15.9. The zero-order valence-corrected chi connectivity index (χ0v) is 27.4. The third-order valence-electron chi connectivity index (χ3n) is 8.59. The highest BCUT2D eigenvalue weighted by Crippen LogP contribution is 2.32. The molecule has 2 heterocycles. The molecule has 2 atom stereocenters. The molecule has 48 heavy (non-hydrogen) atoms. The molecule has 0 aliphatic carbocycles. The maximum absolute atomic E-state index is 12.5. The third kappa shape index (κ3) is 7.83. The number of fused-ring (bicyclic) bond motifs is 2. The Labute approximate surface area is 280 Å². The Morgan fingerprint density at radius 2 is 1.10 bits per heavy atom. The molecule has 0 fully saturated rings. The number of benzene rings is 4. The number of esters is 2. The van der Waals surface area contributed by atoms with E-state index < -0.39 is 12.0 Å². The van der Waals surface area contributed by atoms with Gasteiger partial charge in [-0.3, -0.25) is 14.2 Å². The predicted octanol–water partition coefficient (Wildman–Crippen LogP) is 8.20. The van der Waals surface area contributed by atoms with E-state index >= 15 is 0 Å². The number of carbonyl (C=O) groups is 3. The molecule has 2 unspecified atom stereocenters. The number of carbonyl (C=O) groups excluding carboxylic acids is 3. The first-order valence-electron chi connectivity index (χ1n) is 15.9. The lowest BCUT2D eigenvalue weighted by Gasteiger charge is -2.14. The van der Waals surface area contributed by atoms with Crippen LogP contribution in [0, 0.1) is 0 Å². The zero-order chi connectivity index (χ0) is 33.9. The van der Waals surface area contributed by atoms with E-state index in [9.17, 15) is 14.4 Å². The second kappa shape index (κ2) is 16.3. The normalized spacial score (nSPS) is 12.1. The van der Waals surface area contributed by atoms with Gasteiger partial charge in [0.05, 0.1) is 38.7 Å². The highest BCUT2D eigenvalue weighted by Gasteiger charge is 2.27. The molecular weight excluding hydrogens is 604 g/mol. The van der Waals surface area contributed by atoms with E-state index in [0.717, 1.165) is 52.2 Å². The van der Waals surface area contributed by atoms with Gasteiger partial charge in [0.1, 0.15) is 0 Å². The molecule has 1 N–H and O–H groups in total. The Kier molecular flexibility index (Phi) is 11.4. The van der Waals surface area contributed by atoms with Gasteiger partial charge in [0.25, 0.3) is 0 Å². The molecule has 0 radical (unpaired) electrons. The fraction of sp³-hybridized carbons (Fsp3) is 0.225. The second-order valence-electron chi connectivity index (χ2n) is 11.4. The van der Waals surface area contributed by atoms with E-state index in [4.69, 9.17) is 14.2 Å². The quantitative estimate of drug-likeness (QED) is 0.119. The predicted molar refractivity (Wildman–Crippen MR) is 187 cm³/mol. The minimum absolute atomic E-state index is 0.180. The molecular formula is C40H40N2O6. The lowest BCUT2D eigenvalue weighted by atomic mass is 9.92. The number of H-pyrrole nitrogens is 1. The molecule has 0 bridgehead atoms. The Bertz CT molecular complexity index is 1960. The summed E-state index contributed by atoms with van der Waals surface area (Å²) in [6.07, 6.45) is 6.03. The number of para-hydroxylation sites is 2. The minimum atomic E-state index is -0.487. The minimum Gasteiger partial charge on any atom is -0.469 e. The molecule has 0 saturated heterocycles. The van der Waals surface area contributed by atoms with E-state index in [-0.39, 0.29) is 17.9 Å². The number of aryl methyl sites for hydroxylation is 2. The van der Waals surface area contributed by atoms with Gasteiger partial charge in [-0.05, 0) is 60.1 Å². The Hall–Kier alpha value is -5.63. The summed E-state index contributed by atoms with van der Waals surface area (Å²) in [5, 5.41) is 1.94. The molecule has 2 aromatic heterocycles. The van der Waals surface area contributed by atoms with Crippen molar-refractivity contribution in [3.63, 3.8) is 0 Å². The van der Waals surface area contributed by atoms with Crippen LogP contribution < -0.4 is 0 Å². The van der Waals surface area contributed by atoms with Gasteiger partial charge in [-0.1, -0.05) is 97.1 Å². The fourth-order valence-electron chi connectivity index (χ4n) is 6.11. The van der Waals surface area contributed by atoms with Crippen LogP contribution in [0.4, 0.5) is 4.79 Å². The van der Waals surface area contributed by atoms with Gasteiger partial charge >= 0.3 is 18.0 Å². The van der Waals surface area contributed by atoms with Crippen molar-refractivity contribution < 1.29 is 28.6 Å². The average Bonchev–Trinajstić information content (AvgIpc) is 3.75. The first kappa shape index (κ1) is 33.7. The van der Waals surface area contributed by atoms with Crippen LogP contribution >= 0.6 is 0 Å². The molecule has 0 aliphatic heterocycles. The maximum Gasteiger partial charge on any atom is 0.418 e. The Balaban J connectivity index is 0.000000190. The molecule has 0 saturated carbocycles. The maximum atomic E-state index is 12.5. The summed E-state index contributed by atoms with van der Waals surface area (Å²) in [6.45, 7) is 0. The number of methoxy groups -OCH3 is 3. The van der Waals surface area contributed by atoms with Gasteiger partial charge in [-0.2, -0.15) is 0 Å². The molecule has 246 valence electrons. The Morgan fingerprint density at radius 3 is 1.67 bits per heavy atom. The van der Waals surface area contributed by atoms with E-state index in [2.05, 4.69) is 17.1 Å². The van der Waals surface area contributed by atoms with E-state index in [0.29, 0.717) is 11.9 Å². The van der Waals surface area contributed by atoms with Crippen molar-refractivity contribution in [3.8, 4) is 0 Å². The number of aromatic amines is 1. The van der Waals surface area contributed by atoms with Crippen molar-refractivity contribution >= 4 is 39.8 Å². The van der Waals surface area contributed by atoms with Crippen molar-refractivity contribution in [2.24, 2.45) is 0 Å².